The van der Waals surface area contributed by atoms with E-state index in [2.05, 4.69) is 58.7 Å². The van der Waals surface area contributed by atoms with Gasteiger partial charge in [0.05, 0.1) is 44.2 Å². The van der Waals surface area contributed by atoms with Gasteiger partial charge in [0.2, 0.25) is 35.4 Å². The van der Waals surface area contributed by atoms with Gasteiger partial charge in [0.1, 0.15) is 35.5 Å². The van der Waals surface area contributed by atoms with E-state index >= 15 is 0 Å². The lowest BCUT2D eigenvalue weighted by atomic mass is 9.68. The quantitative estimate of drug-likeness (QED) is 0.0108. The number of amides is 6. The zero-order chi connectivity index (χ0) is 47.3. The van der Waals surface area contributed by atoms with E-state index < -0.39 is 66.5 Å². The van der Waals surface area contributed by atoms with Gasteiger partial charge in [0, 0.05) is 45.0 Å². The minimum Gasteiger partial charge on any atom is -0.456 e. The smallest absolute Gasteiger partial charge is 0.331 e. The van der Waals surface area contributed by atoms with E-state index in [1.165, 1.54) is 24.6 Å². The second kappa shape index (κ2) is 26.8. The molecule has 64 heavy (non-hydrogen) atoms. The number of carbonyl (C=O) groups excluding carboxylic acids is 7. The van der Waals surface area contributed by atoms with Crippen LogP contribution in [0.5, 0.6) is 0 Å². The predicted molar refractivity (Wildman–Crippen MR) is 240 cm³/mol. The average molecular weight is 918 g/mol. The fourth-order valence-corrected chi connectivity index (χ4v) is 8.13. The lowest BCUT2D eigenvalue weighted by molar-refractivity contribution is -0.166. The summed E-state index contributed by atoms with van der Waals surface area (Å²) in [6.07, 6.45) is 16.6. The number of epoxide rings is 2. The van der Waals surface area contributed by atoms with Crippen LogP contribution in [-0.4, -0.2) is 165 Å². The summed E-state index contributed by atoms with van der Waals surface area (Å²) >= 11 is 1.14. The van der Waals surface area contributed by atoms with Crippen LogP contribution in [0.3, 0.4) is 0 Å². The van der Waals surface area contributed by atoms with Crippen molar-refractivity contribution in [1.82, 2.24) is 36.8 Å². The summed E-state index contributed by atoms with van der Waals surface area (Å²) in [5, 5.41) is 24.9. The fourth-order valence-electron chi connectivity index (χ4n) is 7.24. The second-order valence-corrected chi connectivity index (χ2v) is 17.4. The third-order valence-corrected chi connectivity index (χ3v) is 11.5. The van der Waals surface area contributed by atoms with Crippen molar-refractivity contribution in [2.45, 2.75) is 95.0 Å². The molecular weight excluding hydrogens is 851 g/mol. The first-order valence-electron chi connectivity index (χ1n) is 21.3. The highest BCUT2D eigenvalue weighted by atomic mass is 32.2. The minimum atomic E-state index is -1.31. The Balaban J connectivity index is 1.33. The van der Waals surface area contributed by atoms with Gasteiger partial charge in [-0.15, -0.1) is 11.8 Å². The van der Waals surface area contributed by atoms with E-state index in [0.29, 0.717) is 19.4 Å². The third kappa shape index (κ3) is 18.3. The molecule has 1 spiro atoms. The summed E-state index contributed by atoms with van der Waals surface area (Å²) in [7, 11) is 4.96. The number of allylic oxidation sites excluding steroid dienone is 7. The van der Waals surface area contributed by atoms with Crippen molar-refractivity contribution in [3.63, 3.8) is 0 Å². The molecule has 7 N–H and O–H groups in total. The fraction of sp³-hybridized carbons (Fsp3) is 0.614. The molecular formula is C44H67N7O12S. The van der Waals surface area contributed by atoms with Gasteiger partial charge >= 0.3 is 5.97 Å². The first-order valence-corrected chi connectivity index (χ1v) is 22.5. The van der Waals surface area contributed by atoms with Gasteiger partial charge in [0.25, 0.3) is 0 Å². The van der Waals surface area contributed by atoms with E-state index in [-0.39, 0.29) is 66.8 Å². The molecule has 2 heterocycles. The van der Waals surface area contributed by atoms with Crippen LogP contribution in [0.25, 0.3) is 0 Å². The Morgan fingerprint density at radius 1 is 0.875 bits per heavy atom. The summed E-state index contributed by atoms with van der Waals surface area (Å²) < 4.78 is 24.0. The third-order valence-electron chi connectivity index (χ3n) is 10.6. The largest absolute Gasteiger partial charge is 0.456 e. The number of aliphatic hydroxyl groups is 1. The number of methoxy groups -OCH3 is 1. The Hall–Kier alpha value is -4.86. The summed E-state index contributed by atoms with van der Waals surface area (Å²) in [5.74, 6) is -3.50. The molecule has 19 nitrogen and oxygen atoms in total. The van der Waals surface area contributed by atoms with Crippen LogP contribution in [0, 0.1) is 5.92 Å². The highest BCUT2D eigenvalue weighted by Crippen LogP contribution is 2.59. The number of carbonyl (C=O) groups is 7. The summed E-state index contributed by atoms with van der Waals surface area (Å²) in [6.45, 7) is 7.54. The van der Waals surface area contributed by atoms with Crippen molar-refractivity contribution in [3.05, 3.63) is 60.3 Å². The lowest BCUT2D eigenvalue weighted by Crippen LogP contribution is -2.57. The van der Waals surface area contributed by atoms with Gasteiger partial charge in [0.15, 0.2) is 0 Å². The maximum Gasteiger partial charge on any atom is 0.331 e. The van der Waals surface area contributed by atoms with Crippen LogP contribution in [0.4, 0.5) is 0 Å². The highest BCUT2D eigenvalue weighted by molar-refractivity contribution is 7.99. The average Bonchev–Trinajstić information content (AvgIpc) is 4.16. The molecule has 3 rings (SSSR count). The molecule has 8 atom stereocenters. The molecule has 0 aromatic carbocycles. The number of rotatable bonds is 27. The van der Waals surface area contributed by atoms with Crippen molar-refractivity contribution in [1.29, 1.82) is 0 Å². The number of thioether (sulfide) groups is 1. The Kier molecular flexibility index (Phi) is 22.4. The van der Waals surface area contributed by atoms with Crippen molar-refractivity contribution < 1.29 is 57.6 Å². The van der Waals surface area contributed by atoms with Gasteiger partial charge in [-0.3, -0.25) is 28.8 Å². The monoisotopic (exact) mass is 917 g/mol. The molecule has 0 aromatic heterocycles. The minimum absolute atomic E-state index is 0.0169. The maximum atomic E-state index is 12.9. The van der Waals surface area contributed by atoms with Crippen LogP contribution in [0.2, 0.25) is 0 Å². The van der Waals surface area contributed by atoms with E-state index in [9.17, 15) is 38.7 Å². The molecule has 356 valence electrons. The number of esters is 1. The molecule has 0 radical (unpaired) electrons. The molecule has 3 aliphatic rings. The van der Waals surface area contributed by atoms with Gasteiger partial charge in [-0.25, -0.2) is 4.79 Å². The number of aliphatic hydroxyl groups excluding tert-OH is 1. The second-order valence-electron chi connectivity index (χ2n) is 16.4. The van der Waals surface area contributed by atoms with Crippen LogP contribution in [0.1, 0.15) is 53.4 Å². The van der Waals surface area contributed by atoms with Crippen LogP contribution in [-0.2, 0) is 52.5 Å². The summed E-state index contributed by atoms with van der Waals surface area (Å²) in [4.78, 5) is 88.0. The molecule has 1 aliphatic carbocycles. The molecule has 2 saturated heterocycles. The first kappa shape index (κ1) is 53.5. The summed E-state index contributed by atoms with van der Waals surface area (Å²) in [6, 6.07) is -2.47. The highest BCUT2D eigenvalue weighted by Gasteiger charge is 2.72. The lowest BCUT2D eigenvalue weighted by Gasteiger charge is -2.42. The molecule has 6 amide bonds. The van der Waals surface area contributed by atoms with Crippen molar-refractivity contribution >= 4 is 53.2 Å². The molecule has 3 fully saturated rings. The van der Waals surface area contributed by atoms with Crippen molar-refractivity contribution in [2.75, 3.05) is 72.2 Å². The first-order chi connectivity index (χ1) is 30.4. The Morgan fingerprint density at radius 2 is 1.55 bits per heavy atom. The molecule has 1 saturated carbocycles. The predicted octanol–water partition coefficient (Wildman–Crippen LogP) is -0.0802. The topological polar surface area (TPSA) is 259 Å². The van der Waals surface area contributed by atoms with E-state index in [1.807, 2.05) is 0 Å². The Labute approximate surface area is 380 Å². The zero-order valence-corrected chi connectivity index (χ0v) is 38.8. The number of likely N-dealkylation sites (N-methyl/N-ethyl adjacent to an activating group) is 1. The van der Waals surface area contributed by atoms with E-state index in [0.717, 1.165) is 24.6 Å². The van der Waals surface area contributed by atoms with Crippen molar-refractivity contribution in [2.24, 2.45) is 5.92 Å². The normalized spacial score (nSPS) is 24.6. The van der Waals surface area contributed by atoms with E-state index in [1.54, 1.807) is 62.6 Å². The molecule has 20 heteroatoms. The zero-order valence-electron chi connectivity index (χ0n) is 37.9. The molecule has 0 bridgehead atoms. The molecule has 2 unspecified atom stereocenters. The number of hydrogen-bond acceptors (Lipinski definition) is 14. The molecule has 2 aliphatic heterocycles. The molecule has 0 aromatic rings. The Bertz CT molecular complexity index is 1780. The van der Waals surface area contributed by atoms with Crippen LogP contribution >= 0.6 is 11.8 Å². The Morgan fingerprint density at radius 3 is 2.17 bits per heavy atom. The van der Waals surface area contributed by atoms with Crippen molar-refractivity contribution in [3.8, 4) is 0 Å². The van der Waals surface area contributed by atoms with Crippen LogP contribution < -0.4 is 31.9 Å². The van der Waals surface area contributed by atoms with Gasteiger partial charge in [-0.1, -0.05) is 48.1 Å². The van der Waals surface area contributed by atoms with Gasteiger partial charge in [-0.05, 0) is 60.5 Å². The SMILES string of the molecule is CO[C@@H]1[C@H](OC(=O)/C=C/C=C/C=C/C=C/C(=O)NCCCNC(=O)CNC(=O)C(CSCNC(C)=O)NC(=O)C(CO)NC(=O)CN(C)C)CC[C@]2(CO2)[C@H]1[C@@]1(C)O[C@@H]1CC=C(C)C. The standard InChI is InChI=1S/C44H67N7O12S/c1-29(2)17-18-34-43(4,63-34)40-39(60-7)33(19-20-44(40)27-61-44)62-38(57)16-13-11-9-8-10-12-15-35(54)45-21-14-22-46-36(55)23-47-41(58)32(26-64-28-48-30(3)53)50-42(59)31(25-52)49-37(56)24-51(5)6/h8-13,15-17,31-34,39-40,52H,14,18-28H2,1-7H3,(H,45,54)(H,46,55)(H,47,58)(H,48,53)(H,49,56)(H,50,59)/b10-8+,11-9+,15-12+,16-13+/t31?,32?,33-,34-,39-,40-,43+,44+/m1/s1. The van der Waals surface area contributed by atoms with Crippen LogP contribution in [0.15, 0.2) is 60.3 Å². The van der Waals surface area contributed by atoms with E-state index in [4.69, 9.17) is 18.9 Å². The number of ether oxygens (including phenoxy) is 4. The summed E-state index contributed by atoms with van der Waals surface area (Å²) in [5.41, 5.74) is 0.509. The maximum absolute atomic E-state index is 12.9. The number of hydrogen-bond donors (Lipinski definition) is 7. The number of nitrogens with zero attached hydrogens (tertiary/aromatic N) is 1. The van der Waals surface area contributed by atoms with Gasteiger partial charge in [-0.2, -0.15) is 0 Å². The number of nitrogens with one attached hydrogen (secondary N) is 6. The van der Waals surface area contributed by atoms with Gasteiger partial charge < -0.3 is 60.9 Å².